The lowest BCUT2D eigenvalue weighted by Gasteiger charge is -2.18. The first kappa shape index (κ1) is 5.90. The minimum absolute atomic E-state index is 0.259. The summed E-state index contributed by atoms with van der Waals surface area (Å²) in [6.07, 6.45) is 1.69. The Morgan fingerprint density at radius 3 is 2.67 bits per heavy atom. The monoisotopic (exact) mass is 127 g/mol. The number of hydrazine groups is 1. The van der Waals surface area contributed by atoms with Crippen LogP contribution >= 0.6 is 0 Å². The van der Waals surface area contributed by atoms with Gasteiger partial charge in [0.25, 0.3) is 0 Å². The SMILES string of the molecule is NC1=CCN(N)C(N)=N1. The van der Waals surface area contributed by atoms with Gasteiger partial charge in [0.1, 0.15) is 5.82 Å². The van der Waals surface area contributed by atoms with Gasteiger partial charge < -0.3 is 11.5 Å². The summed E-state index contributed by atoms with van der Waals surface area (Å²) in [5, 5.41) is 1.32. The molecule has 1 aliphatic rings. The molecule has 50 valence electrons. The first-order valence-corrected chi connectivity index (χ1v) is 2.52. The molecule has 0 saturated heterocycles. The van der Waals surface area contributed by atoms with E-state index in [1.807, 2.05) is 0 Å². The maximum absolute atomic E-state index is 5.32. The van der Waals surface area contributed by atoms with Gasteiger partial charge in [-0.1, -0.05) is 0 Å². The number of aliphatic imine (C=N–C) groups is 1. The van der Waals surface area contributed by atoms with Gasteiger partial charge in [-0.15, -0.1) is 0 Å². The molecule has 0 aromatic rings. The summed E-state index contributed by atoms with van der Waals surface area (Å²) >= 11 is 0. The molecule has 1 aliphatic heterocycles. The fraction of sp³-hybridized carbons (Fsp3) is 0.250. The molecule has 0 bridgehead atoms. The molecule has 0 fully saturated rings. The first-order chi connectivity index (χ1) is 4.20. The third-order valence-electron chi connectivity index (χ3n) is 1.04. The highest BCUT2D eigenvalue weighted by atomic mass is 15.5. The molecule has 9 heavy (non-hydrogen) atoms. The van der Waals surface area contributed by atoms with Crippen molar-refractivity contribution in [3.8, 4) is 0 Å². The summed E-state index contributed by atoms with van der Waals surface area (Å²) < 4.78 is 0. The average Bonchev–Trinajstić information content (AvgIpc) is 1.80. The van der Waals surface area contributed by atoms with Crippen LogP contribution in [0.5, 0.6) is 0 Å². The molecule has 0 unspecified atom stereocenters. The minimum Gasteiger partial charge on any atom is -0.384 e. The molecule has 0 amide bonds. The Morgan fingerprint density at radius 2 is 2.22 bits per heavy atom. The quantitative estimate of drug-likeness (QED) is 0.338. The Bertz CT molecular complexity index is 170. The number of nitrogens with zero attached hydrogens (tertiary/aromatic N) is 2. The van der Waals surface area contributed by atoms with Crippen LogP contribution in [0.4, 0.5) is 0 Å². The molecular formula is C4H9N5. The topological polar surface area (TPSA) is 93.7 Å². The predicted molar refractivity (Wildman–Crippen MR) is 34.8 cm³/mol. The van der Waals surface area contributed by atoms with Gasteiger partial charge in [-0.05, 0) is 6.08 Å². The Balaban J connectivity index is 2.74. The van der Waals surface area contributed by atoms with Crippen molar-refractivity contribution >= 4 is 5.96 Å². The molecule has 0 aromatic carbocycles. The van der Waals surface area contributed by atoms with Gasteiger partial charge in [0.2, 0.25) is 5.96 Å². The lowest BCUT2D eigenvalue weighted by molar-refractivity contribution is 0.473. The number of hydrogen-bond acceptors (Lipinski definition) is 5. The lowest BCUT2D eigenvalue weighted by Crippen LogP contribution is -2.44. The van der Waals surface area contributed by atoms with E-state index in [0.717, 1.165) is 0 Å². The van der Waals surface area contributed by atoms with E-state index < -0.39 is 0 Å². The largest absolute Gasteiger partial charge is 0.384 e. The Hall–Kier alpha value is -1.23. The number of rotatable bonds is 0. The second-order valence-corrected chi connectivity index (χ2v) is 1.75. The zero-order valence-corrected chi connectivity index (χ0v) is 4.91. The molecule has 5 heteroatoms. The van der Waals surface area contributed by atoms with Gasteiger partial charge >= 0.3 is 0 Å². The molecule has 1 heterocycles. The second kappa shape index (κ2) is 1.94. The zero-order valence-electron chi connectivity index (χ0n) is 4.91. The van der Waals surface area contributed by atoms with Gasteiger partial charge in [0, 0.05) is 0 Å². The maximum Gasteiger partial charge on any atom is 0.212 e. The van der Waals surface area contributed by atoms with Crippen molar-refractivity contribution < 1.29 is 0 Å². The van der Waals surface area contributed by atoms with Crippen LogP contribution in [-0.2, 0) is 0 Å². The van der Waals surface area contributed by atoms with E-state index in [2.05, 4.69) is 4.99 Å². The van der Waals surface area contributed by atoms with Crippen LogP contribution in [0.2, 0.25) is 0 Å². The molecule has 0 saturated carbocycles. The molecule has 0 atom stereocenters. The molecule has 0 radical (unpaired) electrons. The van der Waals surface area contributed by atoms with Gasteiger partial charge in [0.05, 0.1) is 6.54 Å². The van der Waals surface area contributed by atoms with E-state index in [9.17, 15) is 0 Å². The summed E-state index contributed by atoms with van der Waals surface area (Å²) in [6.45, 7) is 0.529. The Morgan fingerprint density at radius 1 is 1.56 bits per heavy atom. The lowest BCUT2D eigenvalue weighted by atomic mass is 10.5. The van der Waals surface area contributed by atoms with Crippen LogP contribution in [0, 0.1) is 0 Å². The van der Waals surface area contributed by atoms with Gasteiger partial charge in [-0.3, -0.25) is 5.01 Å². The van der Waals surface area contributed by atoms with Gasteiger partial charge in [-0.25, -0.2) is 5.84 Å². The third kappa shape index (κ3) is 1.11. The summed E-state index contributed by atoms with van der Waals surface area (Å²) in [5.41, 5.74) is 10.6. The van der Waals surface area contributed by atoms with Crippen molar-refractivity contribution in [1.82, 2.24) is 5.01 Å². The average molecular weight is 127 g/mol. The molecular weight excluding hydrogens is 118 g/mol. The summed E-state index contributed by atoms with van der Waals surface area (Å²) in [5.74, 6) is 6.00. The van der Waals surface area contributed by atoms with Crippen LogP contribution in [0.15, 0.2) is 16.9 Å². The fourth-order valence-corrected chi connectivity index (χ4v) is 0.528. The van der Waals surface area contributed by atoms with E-state index >= 15 is 0 Å². The van der Waals surface area contributed by atoms with Crippen molar-refractivity contribution in [2.45, 2.75) is 0 Å². The highest BCUT2D eigenvalue weighted by molar-refractivity contribution is 5.79. The van der Waals surface area contributed by atoms with Crippen LogP contribution in [0.3, 0.4) is 0 Å². The number of nitrogens with two attached hydrogens (primary N) is 3. The predicted octanol–water partition coefficient (Wildman–Crippen LogP) is -1.71. The molecule has 1 rings (SSSR count). The van der Waals surface area contributed by atoms with Crippen LogP contribution in [0.1, 0.15) is 0 Å². The molecule has 6 N–H and O–H groups in total. The molecule has 5 nitrogen and oxygen atoms in total. The van der Waals surface area contributed by atoms with E-state index in [1.54, 1.807) is 6.08 Å². The molecule has 0 aliphatic carbocycles. The second-order valence-electron chi connectivity index (χ2n) is 1.75. The van der Waals surface area contributed by atoms with Crippen LogP contribution in [-0.4, -0.2) is 17.5 Å². The fourth-order valence-electron chi connectivity index (χ4n) is 0.528. The van der Waals surface area contributed by atoms with Gasteiger partial charge in [0.15, 0.2) is 0 Å². The van der Waals surface area contributed by atoms with Gasteiger partial charge in [-0.2, -0.15) is 4.99 Å². The van der Waals surface area contributed by atoms with Crippen molar-refractivity contribution in [3.05, 3.63) is 11.9 Å². The summed E-state index contributed by atoms with van der Waals surface area (Å²) in [6, 6.07) is 0. The van der Waals surface area contributed by atoms with E-state index in [1.165, 1.54) is 5.01 Å². The molecule has 0 aromatic heterocycles. The Labute approximate surface area is 52.8 Å². The Kier molecular flexibility index (Phi) is 1.27. The normalized spacial score (nSPS) is 19.0. The number of guanidine groups is 1. The summed E-state index contributed by atoms with van der Waals surface area (Å²) in [7, 11) is 0. The van der Waals surface area contributed by atoms with Crippen molar-refractivity contribution in [2.24, 2.45) is 22.3 Å². The van der Waals surface area contributed by atoms with E-state index in [-0.39, 0.29) is 5.96 Å². The molecule has 0 spiro atoms. The zero-order chi connectivity index (χ0) is 6.85. The van der Waals surface area contributed by atoms with Crippen LogP contribution < -0.4 is 17.3 Å². The highest BCUT2D eigenvalue weighted by Crippen LogP contribution is 1.94. The summed E-state index contributed by atoms with van der Waals surface area (Å²) in [4.78, 5) is 3.70. The van der Waals surface area contributed by atoms with E-state index in [0.29, 0.717) is 12.4 Å². The standard InChI is InChI=1S/C4H9N5/c5-3-1-2-9(7)4(6)8-3/h1H,2,5,7H2,(H2,6,8). The van der Waals surface area contributed by atoms with Crippen LogP contribution in [0.25, 0.3) is 0 Å². The van der Waals surface area contributed by atoms with Crippen molar-refractivity contribution in [2.75, 3.05) is 6.54 Å². The van der Waals surface area contributed by atoms with Crippen molar-refractivity contribution in [1.29, 1.82) is 0 Å². The smallest absolute Gasteiger partial charge is 0.212 e. The first-order valence-electron chi connectivity index (χ1n) is 2.52. The van der Waals surface area contributed by atoms with E-state index in [4.69, 9.17) is 17.3 Å². The number of hydrogen-bond donors (Lipinski definition) is 3. The third-order valence-corrected chi connectivity index (χ3v) is 1.04. The maximum atomic E-state index is 5.32. The minimum atomic E-state index is 0.259. The van der Waals surface area contributed by atoms with Crippen molar-refractivity contribution in [3.63, 3.8) is 0 Å². The highest BCUT2D eigenvalue weighted by Gasteiger charge is 2.05.